The molecule has 1 aliphatic carbocycles. The summed E-state index contributed by atoms with van der Waals surface area (Å²) >= 11 is 18.4. The SMILES string of the molecule is O=C1CCCC2=C1C(c1ccc(Cl)cc1)CC(=O)N2c1ccc(Cl)cc1Cl. The first-order valence-electron chi connectivity index (χ1n) is 8.75. The molecule has 0 aromatic heterocycles. The zero-order valence-electron chi connectivity index (χ0n) is 14.3. The third-order valence-corrected chi connectivity index (χ3v) is 5.89. The van der Waals surface area contributed by atoms with E-state index in [0.29, 0.717) is 39.2 Å². The van der Waals surface area contributed by atoms with E-state index in [1.54, 1.807) is 35.2 Å². The number of hydrogen-bond acceptors (Lipinski definition) is 2. The van der Waals surface area contributed by atoms with E-state index in [2.05, 4.69) is 0 Å². The van der Waals surface area contributed by atoms with Gasteiger partial charge in [-0.2, -0.15) is 0 Å². The van der Waals surface area contributed by atoms with Gasteiger partial charge in [0.05, 0.1) is 10.7 Å². The second-order valence-corrected chi connectivity index (χ2v) is 8.05. The lowest BCUT2D eigenvalue weighted by molar-refractivity contribution is -0.119. The second-order valence-electron chi connectivity index (χ2n) is 6.77. The van der Waals surface area contributed by atoms with E-state index < -0.39 is 0 Å². The molecule has 4 rings (SSSR count). The average Bonchev–Trinajstić information content (AvgIpc) is 2.63. The first-order valence-corrected chi connectivity index (χ1v) is 9.89. The lowest BCUT2D eigenvalue weighted by atomic mass is 9.77. The van der Waals surface area contributed by atoms with Crippen molar-refractivity contribution in [2.24, 2.45) is 0 Å². The summed E-state index contributed by atoms with van der Waals surface area (Å²) in [5.74, 6) is -0.230. The number of anilines is 1. The number of amides is 1. The van der Waals surface area contributed by atoms with Crippen LogP contribution in [0.25, 0.3) is 0 Å². The van der Waals surface area contributed by atoms with Gasteiger partial charge < -0.3 is 0 Å². The predicted molar refractivity (Wildman–Crippen MR) is 109 cm³/mol. The van der Waals surface area contributed by atoms with Crippen LogP contribution < -0.4 is 4.90 Å². The molecule has 138 valence electrons. The van der Waals surface area contributed by atoms with Gasteiger partial charge >= 0.3 is 0 Å². The first-order chi connectivity index (χ1) is 13.0. The lowest BCUT2D eigenvalue weighted by Gasteiger charge is -2.38. The summed E-state index contributed by atoms with van der Waals surface area (Å²) in [4.78, 5) is 27.5. The molecular formula is C21H16Cl3NO2. The minimum atomic E-state index is -0.250. The number of allylic oxidation sites excluding steroid dienone is 2. The Morgan fingerprint density at radius 1 is 0.889 bits per heavy atom. The van der Waals surface area contributed by atoms with Gasteiger partial charge in [-0.05, 0) is 48.7 Å². The van der Waals surface area contributed by atoms with Gasteiger partial charge in [0.25, 0.3) is 0 Å². The Labute approximate surface area is 172 Å². The van der Waals surface area contributed by atoms with Crippen LogP contribution in [-0.2, 0) is 9.59 Å². The van der Waals surface area contributed by atoms with E-state index in [9.17, 15) is 9.59 Å². The third-order valence-electron chi connectivity index (χ3n) is 5.10. The average molecular weight is 421 g/mol. The smallest absolute Gasteiger partial charge is 0.232 e. The fourth-order valence-electron chi connectivity index (χ4n) is 3.91. The van der Waals surface area contributed by atoms with Gasteiger partial charge in [0.1, 0.15) is 0 Å². The standard InChI is InChI=1S/C21H16Cl3NO2/c22-13-6-4-12(5-7-13)15-11-20(27)25(17-9-8-14(23)10-16(17)24)18-2-1-3-19(26)21(15)18/h4-10,15H,1-3,11H2. The highest BCUT2D eigenvalue weighted by molar-refractivity contribution is 6.37. The molecule has 0 bridgehead atoms. The number of carbonyl (C=O) groups is 2. The highest BCUT2D eigenvalue weighted by Crippen LogP contribution is 2.45. The number of nitrogens with zero attached hydrogens (tertiary/aromatic N) is 1. The Morgan fingerprint density at radius 2 is 1.59 bits per heavy atom. The Bertz CT molecular complexity index is 966. The number of benzene rings is 2. The maximum atomic E-state index is 13.1. The topological polar surface area (TPSA) is 37.4 Å². The molecule has 6 heteroatoms. The van der Waals surface area contributed by atoms with E-state index in [1.165, 1.54) is 0 Å². The molecule has 0 N–H and O–H groups in total. The van der Waals surface area contributed by atoms with Crippen molar-refractivity contribution in [3.8, 4) is 0 Å². The summed E-state index contributed by atoms with van der Waals surface area (Å²) in [6, 6.07) is 12.4. The van der Waals surface area contributed by atoms with Gasteiger partial charge in [-0.25, -0.2) is 0 Å². The molecule has 1 amide bonds. The fraction of sp³-hybridized carbons (Fsp3) is 0.238. The fourth-order valence-corrected chi connectivity index (χ4v) is 4.53. The number of ketones is 1. The van der Waals surface area contributed by atoms with E-state index in [1.807, 2.05) is 12.1 Å². The summed E-state index contributed by atoms with van der Waals surface area (Å²) < 4.78 is 0. The molecule has 0 fully saturated rings. The molecule has 1 heterocycles. The molecule has 2 aliphatic rings. The van der Waals surface area contributed by atoms with Crippen LogP contribution in [-0.4, -0.2) is 11.7 Å². The van der Waals surface area contributed by atoms with Crippen molar-refractivity contribution < 1.29 is 9.59 Å². The second kappa shape index (κ2) is 7.31. The molecule has 27 heavy (non-hydrogen) atoms. The number of Topliss-reactive ketones (excluding diaryl/α,β-unsaturated/α-hetero) is 1. The molecular weight excluding hydrogens is 405 g/mol. The van der Waals surface area contributed by atoms with Crippen molar-refractivity contribution in [1.29, 1.82) is 0 Å². The molecule has 0 saturated carbocycles. The monoisotopic (exact) mass is 419 g/mol. The predicted octanol–water partition coefficient (Wildman–Crippen LogP) is 6.17. The van der Waals surface area contributed by atoms with Crippen LogP contribution in [0.5, 0.6) is 0 Å². The Morgan fingerprint density at radius 3 is 2.30 bits per heavy atom. The van der Waals surface area contributed by atoms with Crippen LogP contribution in [0.1, 0.15) is 37.2 Å². The van der Waals surface area contributed by atoms with E-state index >= 15 is 0 Å². The Kier molecular flexibility index (Phi) is 5.02. The summed E-state index contributed by atoms with van der Waals surface area (Å²) in [7, 11) is 0. The molecule has 2 aromatic rings. The highest BCUT2D eigenvalue weighted by Gasteiger charge is 2.40. The van der Waals surface area contributed by atoms with Crippen molar-refractivity contribution in [3.63, 3.8) is 0 Å². The maximum Gasteiger partial charge on any atom is 0.232 e. The highest BCUT2D eigenvalue weighted by atomic mass is 35.5. The number of rotatable bonds is 2. The minimum Gasteiger partial charge on any atom is -0.294 e. The Balaban J connectivity index is 1.87. The summed E-state index contributed by atoms with van der Waals surface area (Å²) in [5.41, 5.74) is 2.97. The summed E-state index contributed by atoms with van der Waals surface area (Å²) in [5, 5.41) is 1.52. The van der Waals surface area contributed by atoms with E-state index in [-0.39, 0.29) is 24.0 Å². The molecule has 1 aliphatic heterocycles. The molecule has 3 nitrogen and oxygen atoms in total. The summed E-state index contributed by atoms with van der Waals surface area (Å²) in [6.07, 6.45) is 2.10. The normalized spacial score (nSPS) is 20.1. The zero-order chi connectivity index (χ0) is 19.1. The van der Waals surface area contributed by atoms with E-state index in [0.717, 1.165) is 17.7 Å². The van der Waals surface area contributed by atoms with Gasteiger partial charge in [-0.1, -0.05) is 46.9 Å². The van der Waals surface area contributed by atoms with Gasteiger partial charge in [0.15, 0.2) is 5.78 Å². The van der Waals surface area contributed by atoms with Crippen molar-refractivity contribution in [2.45, 2.75) is 31.6 Å². The first kappa shape index (κ1) is 18.5. The number of halogens is 3. The number of carbonyl (C=O) groups excluding carboxylic acids is 2. The van der Waals surface area contributed by atoms with Crippen LogP contribution >= 0.6 is 34.8 Å². The molecule has 1 atom stereocenters. The Hall–Kier alpha value is -1.81. The molecule has 0 spiro atoms. The molecule has 1 unspecified atom stereocenters. The van der Waals surface area contributed by atoms with Crippen LogP contribution in [0.3, 0.4) is 0 Å². The van der Waals surface area contributed by atoms with Crippen LogP contribution in [0.4, 0.5) is 5.69 Å². The van der Waals surface area contributed by atoms with Crippen LogP contribution in [0.15, 0.2) is 53.7 Å². The summed E-state index contributed by atoms with van der Waals surface area (Å²) in [6.45, 7) is 0. The maximum absolute atomic E-state index is 13.1. The third kappa shape index (κ3) is 3.40. The molecule has 2 aromatic carbocycles. The largest absolute Gasteiger partial charge is 0.294 e. The molecule has 0 radical (unpaired) electrons. The van der Waals surface area contributed by atoms with E-state index in [4.69, 9.17) is 34.8 Å². The molecule has 0 saturated heterocycles. The van der Waals surface area contributed by atoms with Crippen molar-refractivity contribution >= 4 is 52.2 Å². The van der Waals surface area contributed by atoms with Gasteiger partial charge in [-0.3, -0.25) is 14.5 Å². The quantitative estimate of drug-likeness (QED) is 0.582. The minimum absolute atomic E-state index is 0.0763. The lowest BCUT2D eigenvalue weighted by Crippen LogP contribution is -2.40. The van der Waals surface area contributed by atoms with Gasteiger partial charge in [-0.15, -0.1) is 0 Å². The van der Waals surface area contributed by atoms with Crippen molar-refractivity contribution in [3.05, 3.63) is 74.4 Å². The van der Waals surface area contributed by atoms with Crippen LogP contribution in [0, 0.1) is 0 Å². The van der Waals surface area contributed by atoms with Gasteiger partial charge in [0.2, 0.25) is 5.91 Å². The van der Waals surface area contributed by atoms with Crippen molar-refractivity contribution in [2.75, 3.05) is 4.90 Å². The van der Waals surface area contributed by atoms with Crippen LogP contribution in [0.2, 0.25) is 15.1 Å². The number of hydrogen-bond donors (Lipinski definition) is 0. The van der Waals surface area contributed by atoms with Gasteiger partial charge in [0, 0.05) is 40.1 Å². The van der Waals surface area contributed by atoms with Crippen molar-refractivity contribution in [1.82, 2.24) is 0 Å². The zero-order valence-corrected chi connectivity index (χ0v) is 16.6.